The van der Waals surface area contributed by atoms with Gasteiger partial charge in [-0.25, -0.2) is 4.79 Å². The molecule has 0 aliphatic carbocycles. The molecule has 2 heterocycles. The first-order valence-corrected chi connectivity index (χ1v) is 9.30. The molecule has 0 saturated heterocycles. The molecule has 146 valence electrons. The van der Waals surface area contributed by atoms with Crippen molar-refractivity contribution in [2.75, 3.05) is 11.1 Å². The van der Waals surface area contributed by atoms with Gasteiger partial charge in [0.1, 0.15) is 0 Å². The Kier molecular flexibility index (Phi) is 5.11. The van der Waals surface area contributed by atoms with Crippen molar-refractivity contribution < 1.29 is 9.59 Å². The smallest absolute Gasteiger partial charge is 0.322 e. The summed E-state index contributed by atoms with van der Waals surface area (Å²) in [6, 6.07) is 17.8. The highest BCUT2D eigenvalue weighted by Gasteiger charge is 2.24. The van der Waals surface area contributed by atoms with E-state index >= 15 is 0 Å². The minimum atomic E-state index is -0.191. The normalized spacial score (nSPS) is 12.3. The number of nitrogens with zero attached hydrogens (tertiary/aromatic N) is 2. The molecule has 0 unspecified atom stereocenters. The van der Waals surface area contributed by atoms with Gasteiger partial charge in [0, 0.05) is 36.2 Å². The van der Waals surface area contributed by atoms with Gasteiger partial charge in [0.05, 0.1) is 12.2 Å². The van der Waals surface area contributed by atoms with Crippen LogP contribution in [0.15, 0.2) is 66.9 Å². The van der Waals surface area contributed by atoms with Gasteiger partial charge in [-0.2, -0.15) is 0 Å². The molecule has 4 N–H and O–H groups in total. The summed E-state index contributed by atoms with van der Waals surface area (Å²) in [5.74, 6) is -0.180. The van der Waals surface area contributed by atoms with Crippen molar-refractivity contribution >= 4 is 23.3 Å². The first kappa shape index (κ1) is 18.5. The first-order chi connectivity index (χ1) is 14.1. The Morgan fingerprint density at radius 2 is 1.76 bits per heavy atom. The fourth-order valence-corrected chi connectivity index (χ4v) is 3.17. The number of nitrogens with two attached hydrogens (primary N) is 1. The number of amides is 3. The molecule has 1 aliphatic heterocycles. The van der Waals surface area contributed by atoms with Crippen LogP contribution in [-0.4, -0.2) is 21.8 Å². The molecule has 0 bridgehead atoms. The van der Waals surface area contributed by atoms with E-state index in [4.69, 9.17) is 5.73 Å². The predicted octanol–water partition coefficient (Wildman–Crippen LogP) is 3.14. The molecule has 1 aliphatic rings. The van der Waals surface area contributed by atoms with Crippen LogP contribution in [0, 0.1) is 0 Å². The van der Waals surface area contributed by atoms with Gasteiger partial charge in [-0.05, 0) is 53.6 Å². The first-order valence-electron chi connectivity index (χ1n) is 9.30. The maximum atomic E-state index is 12.5. The molecule has 0 saturated carbocycles. The quantitative estimate of drug-likeness (QED) is 0.599. The average molecular weight is 387 g/mol. The van der Waals surface area contributed by atoms with Crippen LogP contribution in [0.4, 0.5) is 16.2 Å². The van der Waals surface area contributed by atoms with Gasteiger partial charge < -0.3 is 21.3 Å². The number of carbonyl (C=O) groups excluding carboxylic acids is 2. The molecule has 3 amide bonds. The molecule has 29 heavy (non-hydrogen) atoms. The molecule has 1 aromatic heterocycles. The van der Waals surface area contributed by atoms with Crippen LogP contribution in [0.25, 0.3) is 0 Å². The average Bonchev–Trinajstić information content (AvgIpc) is 3.18. The van der Waals surface area contributed by atoms with E-state index in [1.54, 1.807) is 47.5 Å². The van der Waals surface area contributed by atoms with Crippen LogP contribution in [0.5, 0.6) is 0 Å². The monoisotopic (exact) mass is 387 g/mol. The summed E-state index contributed by atoms with van der Waals surface area (Å²) in [6.45, 7) is 1.45. The molecule has 7 heteroatoms. The predicted molar refractivity (Wildman–Crippen MR) is 111 cm³/mol. The van der Waals surface area contributed by atoms with Gasteiger partial charge in [0.2, 0.25) is 0 Å². The van der Waals surface area contributed by atoms with Crippen molar-refractivity contribution in [2.45, 2.75) is 19.6 Å². The van der Waals surface area contributed by atoms with Gasteiger partial charge in [0.25, 0.3) is 5.91 Å². The molecule has 4 rings (SSSR count). The van der Waals surface area contributed by atoms with E-state index in [1.807, 2.05) is 24.3 Å². The van der Waals surface area contributed by atoms with Crippen molar-refractivity contribution in [1.82, 2.24) is 15.2 Å². The van der Waals surface area contributed by atoms with Crippen LogP contribution >= 0.6 is 0 Å². The Bertz CT molecular complexity index is 1010. The third-order valence-electron chi connectivity index (χ3n) is 4.80. The lowest BCUT2D eigenvalue weighted by atomic mass is 10.1. The largest absolute Gasteiger partial charge is 0.399 e. The van der Waals surface area contributed by atoms with Gasteiger partial charge >= 0.3 is 6.03 Å². The number of aromatic nitrogens is 1. The van der Waals surface area contributed by atoms with Crippen molar-refractivity contribution in [3.05, 3.63) is 89.2 Å². The van der Waals surface area contributed by atoms with Gasteiger partial charge in [-0.3, -0.25) is 9.78 Å². The molecule has 7 nitrogen and oxygen atoms in total. The zero-order valence-corrected chi connectivity index (χ0v) is 15.8. The highest BCUT2D eigenvalue weighted by Crippen LogP contribution is 2.21. The topological polar surface area (TPSA) is 100 Å². The maximum absolute atomic E-state index is 12.5. The number of nitrogen functional groups attached to an aromatic ring is 1. The minimum Gasteiger partial charge on any atom is -0.399 e. The molecular weight excluding hydrogens is 366 g/mol. The second-order valence-electron chi connectivity index (χ2n) is 6.90. The number of nitrogens with one attached hydrogen (secondary N) is 2. The summed E-state index contributed by atoms with van der Waals surface area (Å²) in [6.07, 6.45) is 1.73. The van der Waals surface area contributed by atoms with E-state index in [0.29, 0.717) is 36.6 Å². The molecule has 0 atom stereocenters. The number of hydrogen-bond acceptors (Lipinski definition) is 4. The SMILES string of the molecule is Nc1ccc(CNC(=O)c2ccc(NC(=O)N3Cc4cccnc4C3)cc2)cc1. The third kappa shape index (κ3) is 4.35. The Labute approximate surface area is 168 Å². The Morgan fingerprint density at radius 1 is 1.00 bits per heavy atom. The minimum absolute atomic E-state index is 0.180. The summed E-state index contributed by atoms with van der Waals surface area (Å²) >= 11 is 0. The number of hydrogen-bond donors (Lipinski definition) is 3. The summed E-state index contributed by atoms with van der Waals surface area (Å²) < 4.78 is 0. The number of carbonyl (C=O) groups is 2. The van der Waals surface area contributed by atoms with Crippen LogP contribution in [-0.2, 0) is 19.6 Å². The van der Waals surface area contributed by atoms with Crippen molar-refractivity contribution in [1.29, 1.82) is 0 Å². The van der Waals surface area contributed by atoms with E-state index < -0.39 is 0 Å². The van der Waals surface area contributed by atoms with Crippen molar-refractivity contribution in [3.8, 4) is 0 Å². The molecule has 0 radical (unpaired) electrons. The zero-order valence-electron chi connectivity index (χ0n) is 15.8. The lowest BCUT2D eigenvalue weighted by molar-refractivity contribution is 0.0951. The number of urea groups is 1. The highest BCUT2D eigenvalue weighted by molar-refractivity contribution is 5.95. The third-order valence-corrected chi connectivity index (χ3v) is 4.80. The number of benzene rings is 2. The number of rotatable bonds is 4. The van der Waals surface area contributed by atoms with Gasteiger partial charge in [-0.15, -0.1) is 0 Å². The lowest BCUT2D eigenvalue weighted by Gasteiger charge is -2.16. The number of anilines is 2. The fraction of sp³-hybridized carbons (Fsp3) is 0.136. The molecule has 2 aromatic carbocycles. The summed E-state index contributed by atoms with van der Waals surface area (Å²) in [4.78, 5) is 30.8. The van der Waals surface area contributed by atoms with Crippen LogP contribution in [0.1, 0.15) is 27.2 Å². The summed E-state index contributed by atoms with van der Waals surface area (Å²) in [7, 11) is 0. The zero-order chi connectivity index (χ0) is 20.2. The lowest BCUT2D eigenvalue weighted by Crippen LogP contribution is -2.30. The second-order valence-corrected chi connectivity index (χ2v) is 6.90. The van der Waals surface area contributed by atoms with Crippen molar-refractivity contribution in [3.63, 3.8) is 0 Å². The van der Waals surface area contributed by atoms with Crippen molar-refractivity contribution in [2.24, 2.45) is 0 Å². The molecule has 0 spiro atoms. The van der Waals surface area contributed by atoms with Crippen LogP contribution in [0.3, 0.4) is 0 Å². The highest BCUT2D eigenvalue weighted by atomic mass is 16.2. The summed E-state index contributed by atoms with van der Waals surface area (Å²) in [5.41, 5.74) is 10.5. The van der Waals surface area contributed by atoms with Crippen LogP contribution < -0.4 is 16.4 Å². The van der Waals surface area contributed by atoms with E-state index in [2.05, 4.69) is 15.6 Å². The van der Waals surface area contributed by atoms with E-state index in [0.717, 1.165) is 16.8 Å². The van der Waals surface area contributed by atoms with E-state index in [9.17, 15) is 9.59 Å². The standard InChI is InChI=1S/C22H21N5O2/c23-18-7-3-15(4-8-18)12-25-21(28)16-5-9-19(10-6-16)26-22(29)27-13-17-2-1-11-24-20(17)14-27/h1-11H,12-14,23H2,(H,25,28)(H,26,29). The Morgan fingerprint density at radius 3 is 2.48 bits per heavy atom. The second kappa shape index (κ2) is 8.02. The Hall–Kier alpha value is -3.87. The fourth-order valence-electron chi connectivity index (χ4n) is 3.17. The molecular formula is C22H21N5O2. The number of pyridine rings is 1. The van der Waals surface area contributed by atoms with E-state index in [1.165, 1.54) is 0 Å². The maximum Gasteiger partial charge on any atom is 0.322 e. The Balaban J connectivity index is 1.31. The van der Waals surface area contributed by atoms with Gasteiger partial charge in [-0.1, -0.05) is 18.2 Å². The molecule has 0 fully saturated rings. The van der Waals surface area contributed by atoms with Gasteiger partial charge in [0.15, 0.2) is 0 Å². The van der Waals surface area contributed by atoms with E-state index in [-0.39, 0.29) is 11.9 Å². The molecule has 3 aromatic rings. The number of fused-ring (bicyclic) bond motifs is 1. The summed E-state index contributed by atoms with van der Waals surface area (Å²) in [5, 5.41) is 5.73. The van der Waals surface area contributed by atoms with Crippen LogP contribution in [0.2, 0.25) is 0 Å².